The first kappa shape index (κ1) is 16.6. The Labute approximate surface area is 102 Å². The van der Waals surface area contributed by atoms with E-state index in [2.05, 4.69) is 16.5 Å². The van der Waals surface area contributed by atoms with Gasteiger partial charge in [-0.15, -0.1) is 5.73 Å². The van der Waals surface area contributed by atoms with E-state index in [0.29, 0.717) is 0 Å². The molecule has 0 aliphatic heterocycles. The van der Waals surface area contributed by atoms with Gasteiger partial charge >= 0.3 is 7.60 Å². The maximum Gasteiger partial charge on any atom is 0.367 e. The van der Waals surface area contributed by atoms with Crippen molar-refractivity contribution < 1.29 is 26.2 Å². The largest absolute Gasteiger partial charge is 0.367 e. The van der Waals surface area contributed by atoms with Gasteiger partial charge in [-0.25, -0.2) is 0 Å². The molecule has 0 aliphatic rings. The minimum atomic E-state index is -3.64. The van der Waals surface area contributed by atoms with Gasteiger partial charge in [0.15, 0.2) is 0 Å². The van der Waals surface area contributed by atoms with Gasteiger partial charge in [-0.2, -0.15) is 8.42 Å². The van der Waals surface area contributed by atoms with Gasteiger partial charge < -0.3 is 9.05 Å². The summed E-state index contributed by atoms with van der Waals surface area (Å²) in [6, 6.07) is 0. The van der Waals surface area contributed by atoms with Crippen LogP contribution in [0.5, 0.6) is 0 Å². The zero-order chi connectivity index (χ0) is 13.5. The molecule has 100 valence electrons. The summed E-state index contributed by atoms with van der Waals surface area (Å²) in [5, 5.41) is -0.0355. The van der Waals surface area contributed by atoms with Gasteiger partial charge in [0.05, 0.1) is 19.5 Å². The highest BCUT2D eigenvalue weighted by Gasteiger charge is 2.30. The smallest absolute Gasteiger partial charge is 0.305 e. The van der Waals surface area contributed by atoms with Crippen molar-refractivity contribution in [3.63, 3.8) is 0 Å². The van der Waals surface area contributed by atoms with Crippen molar-refractivity contribution in [3.05, 3.63) is 17.6 Å². The van der Waals surface area contributed by atoms with E-state index in [4.69, 9.17) is 9.05 Å². The first-order chi connectivity index (χ1) is 7.79. The maximum atomic E-state index is 12.2. The zero-order valence-corrected chi connectivity index (χ0v) is 11.8. The van der Waals surface area contributed by atoms with Crippen LogP contribution in [0.3, 0.4) is 0 Å². The van der Waals surface area contributed by atoms with Gasteiger partial charge in [-0.1, -0.05) is 6.58 Å². The Kier molecular flexibility index (Phi) is 6.94. The number of hydrogen-bond acceptors (Lipinski definition) is 6. The average Bonchev–Trinajstić information content (AvgIpc) is 2.17. The summed E-state index contributed by atoms with van der Waals surface area (Å²) in [6.45, 7) is 6.47. The maximum absolute atomic E-state index is 12.2. The Morgan fingerprint density at radius 3 is 2.06 bits per heavy atom. The zero-order valence-electron chi connectivity index (χ0n) is 10.1. The van der Waals surface area contributed by atoms with Crippen LogP contribution in [0.2, 0.25) is 0 Å². The minimum absolute atomic E-state index is 0.0355. The monoisotopic (exact) mass is 284 g/mol. The predicted octanol–water partition coefficient (Wildman–Crippen LogP) is 1.90. The van der Waals surface area contributed by atoms with E-state index in [1.165, 1.54) is 0 Å². The van der Waals surface area contributed by atoms with Crippen molar-refractivity contribution in [2.45, 2.75) is 13.8 Å². The lowest BCUT2D eigenvalue weighted by Crippen LogP contribution is -2.08. The number of rotatable bonds is 8. The second-order valence-corrected chi connectivity index (χ2v) is 6.62. The molecule has 0 aromatic rings. The first-order valence-electron chi connectivity index (χ1n) is 4.92. The van der Waals surface area contributed by atoms with E-state index in [0.717, 1.165) is 6.26 Å². The van der Waals surface area contributed by atoms with Gasteiger partial charge in [0.2, 0.25) is 0 Å². The molecule has 0 aliphatic carbocycles. The molecule has 6 nitrogen and oxygen atoms in total. The van der Waals surface area contributed by atoms with E-state index in [-0.39, 0.29) is 18.5 Å². The van der Waals surface area contributed by atoms with E-state index in [1.807, 2.05) is 0 Å². The number of hydrogen-bond donors (Lipinski definition) is 0. The highest BCUT2D eigenvalue weighted by atomic mass is 32.2. The van der Waals surface area contributed by atoms with Gasteiger partial charge in [-0.05, 0) is 13.8 Å². The quantitative estimate of drug-likeness (QED) is 0.385. The standard InChI is InChI=1S/C9H17O6PS/c1-5-9(8-15-17(4,11)12)16(10,13-6-2)14-7-3/h1,6-8H2,2-4H3. The molecule has 0 rings (SSSR count). The fraction of sp³-hybridized carbons (Fsp3) is 0.667. The van der Waals surface area contributed by atoms with E-state index in [1.54, 1.807) is 13.8 Å². The lowest BCUT2D eigenvalue weighted by atomic mass is 10.6. The fourth-order valence-electron chi connectivity index (χ4n) is 0.923. The summed E-state index contributed by atoms with van der Waals surface area (Å²) in [6.07, 6.45) is 0.889. The van der Waals surface area contributed by atoms with Gasteiger partial charge in [-0.3, -0.25) is 8.75 Å². The Balaban J connectivity index is 4.95. The molecule has 0 fully saturated rings. The third-order valence-corrected chi connectivity index (χ3v) is 4.23. The van der Waals surface area contributed by atoms with Crippen LogP contribution in [-0.2, 0) is 27.9 Å². The molecule has 0 unspecified atom stereocenters. The topological polar surface area (TPSA) is 78.9 Å². The van der Waals surface area contributed by atoms with Crippen LogP contribution in [0.4, 0.5) is 0 Å². The van der Waals surface area contributed by atoms with E-state index < -0.39 is 24.3 Å². The van der Waals surface area contributed by atoms with Crippen molar-refractivity contribution >= 4 is 17.7 Å². The van der Waals surface area contributed by atoms with Crippen LogP contribution < -0.4 is 0 Å². The molecule has 0 N–H and O–H groups in total. The van der Waals surface area contributed by atoms with E-state index in [9.17, 15) is 13.0 Å². The van der Waals surface area contributed by atoms with Gasteiger partial charge in [0, 0.05) is 0 Å². The molecule has 0 saturated heterocycles. The lowest BCUT2D eigenvalue weighted by Gasteiger charge is -2.17. The second kappa shape index (κ2) is 7.11. The molecule has 0 aromatic carbocycles. The van der Waals surface area contributed by atoms with Crippen LogP contribution in [0.1, 0.15) is 13.8 Å². The molecule has 8 heteroatoms. The molecule has 0 amide bonds. The molecule has 0 atom stereocenters. The summed E-state index contributed by atoms with van der Waals surface area (Å²) in [5.74, 6) is 0. The molecule has 0 radical (unpaired) electrons. The lowest BCUT2D eigenvalue weighted by molar-refractivity contribution is 0.222. The predicted molar refractivity (Wildman–Crippen MR) is 64.3 cm³/mol. The van der Waals surface area contributed by atoms with Crippen LogP contribution in [-0.4, -0.2) is 34.5 Å². The van der Waals surface area contributed by atoms with Crippen molar-refractivity contribution in [3.8, 4) is 0 Å². The Bertz CT molecular complexity index is 424. The van der Waals surface area contributed by atoms with Crippen molar-refractivity contribution in [2.24, 2.45) is 0 Å². The third-order valence-electron chi connectivity index (χ3n) is 1.54. The average molecular weight is 284 g/mol. The molecular formula is C9H17O6PS. The molecule has 0 bridgehead atoms. The van der Waals surface area contributed by atoms with Crippen molar-refractivity contribution in [1.29, 1.82) is 0 Å². The summed E-state index contributed by atoms with van der Waals surface area (Å²) in [7, 11) is -7.20. The second-order valence-electron chi connectivity index (χ2n) is 2.92. The highest BCUT2D eigenvalue weighted by Crippen LogP contribution is 2.55. The molecule has 0 heterocycles. The minimum Gasteiger partial charge on any atom is -0.305 e. The van der Waals surface area contributed by atoms with Gasteiger partial charge in [0.25, 0.3) is 10.1 Å². The first-order valence-corrected chi connectivity index (χ1v) is 8.28. The van der Waals surface area contributed by atoms with Gasteiger partial charge in [0.1, 0.15) is 11.9 Å². The third kappa shape index (κ3) is 6.17. The normalized spacial score (nSPS) is 12.2. The fourth-order valence-corrected chi connectivity index (χ4v) is 2.82. The molecular weight excluding hydrogens is 267 g/mol. The molecule has 17 heavy (non-hydrogen) atoms. The van der Waals surface area contributed by atoms with E-state index >= 15 is 0 Å². The highest BCUT2D eigenvalue weighted by molar-refractivity contribution is 7.86. The summed E-state index contributed by atoms with van der Waals surface area (Å²) in [4.78, 5) is 0. The summed E-state index contributed by atoms with van der Waals surface area (Å²) >= 11 is 0. The van der Waals surface area contributed by atoms with Crippen LogP contribution in [0.25, 0.3) is 0 Å². The van der Waals surface area contributed by atoms with Crippen molar-refractivity contribution in [2.75, 3.05) is 26.1 Å². The summed E-state index contributed by atoms with van der Waals surface area (Å²) < 4.78 is 48.4. The van der Waals surface area contributed by atoms with Crippen molar-refractivity contribution in [1.82, 2.24) is 0 Å². The SMILES string of the molecule is C=C=C(COS(C)(=O)=O)P(=O)(OCC)OCC. The molecule has 0 spiro atoms. The van der Waals surface area contributed by atoms with Crippen LogP contribution in [0, 0.1) is 0 Å². The van der Waals surface area contributed by atoms with Crippen LogP contribution in [0.15, 0.2) is 17.6 Å². The molecule has 0 saturated carbocycles. The Hall–Kier alpha value is -0.420. The Morgan fingerprint density at radius 1 is 1.29 bits per heavy atom. The Morgan fingerprint density at radius 2 is 1.76 bits per heavy atom. The van der Waals surface area contributed by atoms with Crippen LogP contribution >= 0.6 is 7.60 Å². The molecule has 0 aromatic heterocycles. The summed E-state index contributed by atoms with van der Waals surface area (Å²) in [5.41, 5.74) is 2.35.